The second-order valence-corrected chi connectivity index (χ2v) is 11.3. The first-order chi connectivity index (χ1) is 15.2. The quantitative estimate of drug-likeness (QED) is 0.635. The van der Waals surface area contributed by atoms with E-state index in [0.717, 1.165) is 16.0 Å². The Bertz CT molecular complexity index is 1260. The summed E-state index contributed by atoms with van der Waals surface area (Å²) in [6.07, 6.45) is -0.252. The molecule has 33 heavy (non-hydrogen) atoms. The number of benzene rings is 2. The average Bonchev–Trinajstić information content (AvgIpc) is 2.98. The van der Waals surface area contributed by atoms with Crippen molar-refractivity contribution in [2.45, 2.75) is 71.4 Å². The molecule has 2 aromatic carbocycles. The molecule has 1 aliphatic heterocycles. The van der Waals surface area contributed by atoms with Gasteiger partial charge in [0, 0.05) is 5.54 Å². The van der Waals surface area contributed by atoms with E-state index in [1.54, 1.807) is 34.6 Å². The minimum atomic E-state index is -4.13. The van der Waals surface area contributed by atoms with E-state index in [1.165, 1.54) is 28.6 Å². The minimum Gasteiger partial charge on any atom is -0.274 e. The van der Waals surface area contributed by atoms with Crippen molar-refractivity contribution in [3.63, 3.8) is 0 Å². The lowest BCUT2D eigenvalue weighted by molar-refractivity contribution is -0.122. The van der Waals surface area contributed by atoms with Crippen molar-refractivity contribution in [3.8, 4) is 6.07 Å². The maximum absolute atomic E-state index is 14.1. The van der Waals surface area contributed by atoms with Gasteiger partial charge >= 0.3 is 0 Å². The van der Waals surface area contributed by atoms with Gasteiger partial charge in [-0.1, -0.05) is 6.07 Å². The van der Waals surface area contributed by atoms with Crippen LogP contribution in [0.4, 0.5) is 5.69 Å². The first-order valence-corrected chi connectivity index (χ1v) is 12.1. The lowest BCUT2D eigenvalue weighted by Crippen LogP contribution is -2.54. The number of anilines is 1. The molecule has 0 aliphatic carbocycles. The first-order valence-electron chi connectivity index (χ1n) is 10.7. The molecule has 0 spiro atoms. The molecule has 2 amide bonds. The Morgan fingerprint density at radius 2 is 1.52 bits per heavy atom. The van der Waals surface area contributed by atoms with Crippen LogP contribution in [0.1, 0.15) is 55.0 Å². The molecule has 8 heteroatoms. The molecule has 7 nitrogen and oxygen atoms in total. The third-order valence-corrected chi connectivity index (χ3v) is 8.58. The minimum absolute atomic E-state index is 0.187. The monoisotopic (exact) mass is 467 g/mol. The van der Waals surface area contributed by atoms with Crippen LogP contribution in [-0.4, -0.2) is 36.1 Å². The number of imide groups is 1. The molecule has 1 saturated heterocycles. The van der Waals surface area contributed by atoms with Crippen LogP contribution in [0.5, 0.6) is 0 Å². The van der Waals surface area contributed by atoms with Crippen LogP contribution in [0, 0.1) is 39.0 Å². The fraction of sp³-hybridized carbons (Fsp3) is 0.400. The van der Waals surface area contributed by atoms with Gasteiger partial charge in [-0.3, -0.25) is 9.59 Å². The van der Waals surface area contributed by atoms with Crippen molar-refractivity contribution < 1.29 is 18.0 Å². The number of amides is 2. The standard InChI is InChI=1S/C25H29N3O4S/c1-15-12-16(2)18(4)23(17(15)3)33(31,32)28(25(5,6)7)21-13-22(29)27(24(21)30)20-10-8-19(14-26)9-11-20/h8-12,21H,13H2,1-7H3. The molecule has 0 aromatic heterocycles. The number of sulfonamides is 1. The second kappa shape index (κ2) is 8.40. The van der Waals surface area contributed by atoms with E-state index in [-0.39, 0.29) is 11.3 Å². The number of hydrogen-bond donors (Lipinski definition) is 0. The summed E-state index contributed by atoms with van der Waals surface area (Å²) >= 11 is 0. The molecular formula is C25H29N3O4S. The molecule has 1 heterocycles. The smallest absolute Gasteiger partial charge is 0.252 e. The van der Waals surface area contributed by atoms with Crippen LogP contribution < -0.4 is 4.90 Å². The summed E-state index contributed by atoms with van der Waals surface area (Å²) in [4.78, 5) is 27.6. The van der Waals surface area contributed by atoms with E-state index in [1.807, 2.05) is 26.0 Å². The van der Waals surface area contributed by atoms with Crippen LogP contribution in [0.2, 0.25) is 0 Å². The molecule has 1 fully saturated rings. The maximum Gasteiger partial charge on any atom is 0.252 e. The summed E-state index contributed by atoms with van der Waals surface area (Å²) in [6, 6.07) is 8.85. The Hall–Kier alpha value is -3.02. The molecule has 0 bridgehead atoms. The van der Waals surface area contributed by atoms with Gasteiger partial charge in [0.15, 0.2) is 0 Å². The predicted octanol–water partition coefficient (Wildman–Crippen LogP) is 3.91. The number of nitrogens with zero attached hydrogens (tertiary/aromatic N) is 3. The lowest BCUT2D eigenvalue weighted by Gasteiger charge is -2.38. The van der Waals surface area contributed by atoms with Crippen LogP contribution in [-0.2, 0) is 19.6 Å². The summed E-state index contributed by atoms with van der Waals surface area (Å²) < 4.78 is 29.4. The number of hydrogen-bond acceptors (Lipinski definition) is 5. The highest BCUT2D eigenvalue weighted by Crippen LogP contribution is 2.37. The topological polar surface area (TPSA) is 98.6 Å². The summed E-state index contributed by atoms with van der Waals surface area (Å²) in [5.41, 5.74) is 2.71. The van der Waals surface area contributed by atoms with Gasteiger partial charge in [-0.2, -0.15) is 9.57 Å². The van der Waals surface area contributed by atoms with Gasteiger partial charge in [0.1, 0.15) is 6.04 Å². The number of nitriles is 1. The Morgan fingerprint density at radius 3 is 1.97 bits per heavy atom. The summed E-state index contributed by atoms with van der Waals surface area (Å²) in [7, 11) is -4.13. The third kappa shape index (κ3) is 4.19. The van der Waals surface area contributed by atoms with E-state index in [0.29, 0.717) is 22.4 Å². The highest BCUT2D eigenvalue weighted by molar-refractivity contribution is 7.89. The normalized spacial score (nSPS) is 17.1. The summed E-state index contributed by atoms with van der Waals surface area (Å²) in [5.74, 6) is -1.07. The highest BCUT2D eigenvalue weighted by atomic mass is 32.2. The van der Waals surface area contributed by atoms with Gasteiger partial charge in [-0.25, -0.2) is 13.3 Å². The van der Waals surface area contributed by atoms with E-state index >= 15 is 0 Å². The van der Waals surface area contributed by atoms with E-state index < -0.39 is 33.4 Å². The second-order valence-electron chi connectivity index (χ2n) is 9.51. The van der Waals surface area contributed by atoms with Crippen molar-refractivity contribution in [2.24, 2.45) is 0 Å². The Morgan fingerprint density at radius 1 is 1.00 bits per heavy atom. The molecule has 3 rings (SSSR count). The van der Waals surface area contributed by atoms with Gasteiger partial charge < -0.3 is 0 Å². The van der Waals surface area contributed by atoms with E-state index in [2.05, 4.69) is 0 Å². The molecule has 0 N–H and O–H groups in total. The van der Waals surface area contributed by atoms with Crippen molar-refractivity contribution in [1.29, 1.82) is 5.26 Å². The predicted molar refractivity (Wildman–Crippen MR) is 126 cm³/mol. The fourth-order valence-corrected chi connectivity index (χ4v) is 6.93. The van der Waals surface area contributed by atoms with Gasteiger partial charge in [0.25, 0.3) is 5.91 Å². The molecule has 1 atom stereocenters. The fourth-order valence-electron chi connectivity index (χ4n) is 4.42. The lowest BCUT2D eigenvalue weighted by atomic mass is 10.0. The molecule has 0 saturated carbocycles. The SMILES string of the molecule is Cc1cc(C)c(C)c(S(=O)(=O)N(C2CC(=O)N(c3ccc(C#N)cc3)C2=O)C(C)(C)C)c1C. The van der Waals surface area contributed by atoms with E-state index in [4.69, 9.17) is 5.26 Å². The Labute approximate surface area is 195 Å². The Kier molecular flexibility index (Phi) is 6.26. The van der Waals surface area contributed by atoms with Crippen molar-refractivity contribution in [1.82, 2.24) is 4.31 Å². The van der Waals surface area contributed by atoms with Crippen molar-refractivity contribution >= 4 is 27.5 Å². The molecule has 1 unspecified atom stereocenters. The van der Waals surface area contributed by atoms with Crippen molar-refractivity contribution in [3.05, 3.63) is 58.1 Å². The molecular weight excluding hydrogens is 438 g/mol. The molecule has 174 valence electrons. The molecule has 1 aliphatic rings. The zero-order valence-corrected chi connectivity index (χ0v) is 20.9. The average molecular weight is 468 g/mol. The largest absolute Gasteiger partial charge is 0.274 e. The number of aryl methyl sites for hydroxylation is 2. The molecule has 0 radical (unpaired) electrons. The van der Waals surface area contributed by atoms with Crippen molar-refractivity contribution in [2.75, 3.05) is 4.90 Å². The molecule has 2 aromatic rings. The maximum atomic E-state index is 14.1. The van der Waals surface area contributed by atoms with Crippen LogP contribution >= 0.6 is 0 Å². The van der Waals surface area contributed by atoms with Gasteiger partial charge in [-0.05, 0) is 95.0 Å². The van der Waals surface area contributed by atoms with E-state index in [9.17, 15) is 18.0 Å². The number of carbonyl (C=O) groups is 2. The van der Waals surface area contributed by atoms with Crippen LogP contribution in [0.25, 0.3) is 0 Å². The van der Waals surface area contributed by atoms with Crippen LogP contribution in [0.3, 0.4) is 0 Å². The van der Waals surface area contributed by atoms with Gasteiger partial charge in [0.2, 0.25) is 15.9 Å². The number of rotatable bonds is 4. The first kappa shape index (κ1) is 24.6. The Balaban J connectivity index is 2.15. The van der Waals surface area contributed by atoms with Gasteiger partial charge in [-0.15, -0.1) is 0 Å². The zero-order valence-electron chi connectivity index (χ0n) is 20.1. The zero-order chi connectivity index (χ0) is 24.9. The highest BCUT2D eigenvalue weighted by Gasteiger charge is 2.51. The summed E-state index contributed by atoms with van der Waals surface area (Å²) in [6.45, 7) is 12.4. The third-order valence-electron chi connectivity index (χ3n) is 6.14. The summed E-state index contributed by atoms with van der Waals surface area (Å²) in [5, 5.41) is 9.01. The van der Waals surface area contributed by atoms with Crippen LogP contribution in [0.15, 0.2) is 35.2 Å². The number of carbonyl (C=O) groups excluding carboxylic acids is 2. The van der Waals surface area contributed by atoms with Gasteiger partial charge in [0.05, 0.1) is 28.6 Å².